The van der Waals surface area contributed by atoms with Gasteiger partial charge >= 0.3 is 0 Å². The Hall–Kier alpha value is -2.46. The SMILES string of the molecule is O=C1c2ccccc2C(=O)N1[C@@H]1Cc2ccccc2[C@@H]1O. The Balaban J connectivity index is 1.74. The molecule has 1 N–H and O–H groups in total. The zero-order valence-corrected chi connectivity index (χ0v) is 11.2. The van der Waals surface area contributed by atoms with Crippen molar-refractivity contribution in [3.05, 3.63) is 70.8 Å². The molecule has 0 aromatic heterocycles. The Morgan fingerprint density at radius 3 is 2.10 bits per heavy atom. The minimum atomic E-state index is -0.816. The summed E-state index contributed by atoms with van der Waals surface area (Å²) >= 11 is 0. The van der Waals surface area contributed by atoms with E-state index >= 15 is 0 Å². The second-order valence-electron chi connectivity index (χ2n) is 5.44. The van der Waals surface area contributed by atoms with Crippen LogP contribution in [0.25, 0.3) is 0 Å². The fourth-order valence-electron chi connectivity index (χ4n) is 3.29. The molecule has 0 saturated carbocycles. The molecular weight excluding hydrogens is 266 g/mol. The lowest BCUT2D eigenvalue weighted by Crippen LogP contribution is -2.42. The van der Waals surface area contributed by atoms with E-state index in [1.165, 1.54) is 4.90 Å². The number of nitrogens with zero attached hydrogens (tertiary/aromatic N) is 1. The van der Waals surface area contributed by atoms with Gasteiger partial charge in [0.2, 0.25) is 0 Å². The minimum Gasteiger partial charge on any atom is -0.386 e. The molecule has 0 bridgehead atoms. The minimum absolute atomic E-state index is 0.313. The second-order valence-corrected chi connectivity index (χ2v) is 5.44. The Bertz CT molecular complexity index is 733. The van der Waals surface area contributed by atoms with Crippen LogP contribution in [-0.2, 0) is 6.42 Å². The fraction of sp³-hybridized carbons (Fsp3) is 0.176. The van der Waals surface area contributed by atoms with Crippen LogP contribution in [-0.4, -0.2) is 27.9 Å². The highest BCUT2D eigenvalue weighted by Crippen LogP contribution is 2.37. The van der Waals surface area contributed by atoms with Crippen LogP contribution in [0.5, 0.6) is 0 Å². The molecular formula is C17H13NO3. The molecule has 1 aliphatic carbocycles. The number of hydrogen-bond acceptors (Lipinski definition) is 3. The number of carbonyl (C=O) groups excluding carboxylic acids is 2. The maximum absolute atomic E-state index is 12.5. The van der Waals surface area contributed by atoms with Gasteiger partial charge < -0.3 is 5.11 Å². The molecule has 4 nitrogen and oxygen atoms in total. The summed E-state index contributed by atoms with van der Waals surface area (Å²) < 4.78 is 0. The first kappa shape index (κ1) is 12.3. The average Bonchev–Trinajstić information content (AvgIpc) is 2.96. The highest BCUT2D eigenvalue weighted by Gasteiger charge is 2.45. The van der Waals surface area contributed by atoms with Crippen molar-refractivity contribution in [1.29, 1.82) is 0 Å². The number of aliphatic hydroxyl groups is 1. The average molecular weight is 279 g/mol. The number of fused-ring (bicyclic) bond motifs is 2. The van der Waals surface area contributed by atoms with E-state index < -0.39 is 12.1 Å². The summed E-state index contributed by atoms with van der Waals surface area (Å²) in [6, 6.07) is 13.8. The van der Waals surface area contributed by atoms with Crippen LogP contribution in [0.1, 0.15) is 37.9 Å². The highest BCUT2D eigenvalue weighted by molar-refractivity contribution is 6.21. The number of aliphatic hydroxyl groups excluding tert-OH is 1. The van der Waals surface area contributed by atoms with Gasteiger partial charge in [-0.3, -0.25) is 14.5 Å². The van der Waals surface area contributed by atoms with Crippen molar-refractivity contribution < 1.29 is 14.7 Å². The number of carbonyl (C=O) groups is 2. The van der Waals surface area contributed by atoms with Crippen LogP contribution < -0.4 is 0 Å². The molecule has 2 aromatic carbocycles. The van der Waals surface area contributed by atoms with Crippen LogP contribution in [0.15, 0.2) is 48.5 Å². The third-order valence-electron chi connectivity index (χ3n) is 4.32. The molecule has 0 radical (unpaired) electrons. The van der Waals surface area contributed by atoms with Crippen LogP contribution in [0.3, 0.4) is 0 Å². The van der Waals surface area contributed by atoms with Gasteiger partial charge in [0, 0.05) is 0 Å². The molecule has 0 fully saturated rings. The van der Waals surface area contributed by atoms with E-state index in [1.807, 2.05) is 24.3 Å². The van der Waals surface area contributed by atoms with Gasteiger partial charge in [-0.25, -0.2) is 0 Å². The summed E-state index contributed by atoms with van der Waals surface area (Å²) in [6.45, 7) is 0. The third-order valence-corrected chi connectivity index (χ3v) is 4.32. The molecule has 104 valence electrons. The lowest BCUT2D eigenvalue weighted by molar-refractivity contribution is 0.0383. The monoisotopic (exact) mass is 279 g/mol. The number of benzene rings is 2. The zero-order chi connectivity index (χ0) is 14.6. The predicted molar refractivity (Wildman–Crippen MR) is 75.8 cm³/mol. The normalized spacial score (nSPS) is 23.4. The molecule has 4 rings (SSSR count). The van der Waals surface area contributed by atoms with Gasteiger partial charge in [-0.05, 0) is 29.7 Å². The number of hydrogen-bond donors (Lipinski definition) is 1. The summed E-state index contributed by atoms with van der Waals surface area (Å²) in [6.07, 6.45) is -0.313. The first-order valence-corrected chi connectivity index (χ1v) is 6.91. The van der Waals surface area contributed by atoms with E-state index in [-0.39, 0.29) is 11.8 Å². The summed E-state index contributed by atoms with van der Waals surface area (Å²) in [7, 11) is 0. The molecule has 2 atom stereocenters. The summed E-state index contributed by atoms with van der Waals surface area (Å²) in [4.78, 5) is 26.2. The van der Waals surface area contributed by atoms with Crippen LogP contribution in [0.2, 0.25) is 0 Å². The first-order valence-electron chi connectivity index (χ1n) is 6.91. The van der Waals surface area contributed by atoms with Crippen molar-refractivity contribution >= 4 is 11.8 Å². The van der Waals surface area contributed by atoms with Crippen molar-refractivity contribution in [3.8, 4) is 0 Å². The van der Waals surface area contributed by atoms with Crippen LogP contribution in [0, 0.1) is 0 Å². The van der Waals surface area contributed by atoms with Crippen molar-refractivity contribution in [2.75, 3.05) is 0 Å². The third kappa shape index (κ3) is 1.59. The van der Waals surface area contributed by atoms with E-state index in [1.54, 1.807) is 24.3 Å². The molecule has 0 saturated heterocycles. The van der Waals surface area contributed by atoms with Crippen molar-refractivity contribution in [3.63, 3.8) is 0 Å². The topological polar surface area (TPSA) is 57.6 Å². The molecule has 2 aliphatic rings. The van der Waals surface area contributed by atoms with Gasteiger partial charge in [-0.15, -0.1) is 0 Å². The van der Waals surface area contributed by atoms with E-state index in [0.29, 0.717) is 17.5 Å². The zero-order valence-electron chi connectivity index (χ0n) is 11.2. The molecule has 1 aliphatic heterocycles. The van der Waals surface area contributed by atoms with Gasteiger partial charge in [0.15, 0.2) is 0 Å². The van der Waals surface area contributed by atoms with Crippen molar-refractivity contribution in [2.24, 2.45) is 0 Å². The fourth-order valence-corrected chi connectivity index (χ4v) is 3.29. The van der Waals surface area contributed by atoms with Crippen molar-refractivity contribution in [1.82, 2.24) is 4.90 Å². The smallest absolute Gasteiger partial charge is 0.261 e. The largest absolute Gasteiger partial charge is 0.386 e. The molecule has 1 heterocycles. The van der Waals surface area contributed by atoms with Crippen LogP contribution in [0.4, 0.5) is 0 Å². The van der Waals surface area contributed by atoms with E-state index in [2.05, 4.69) is 0 Å². The molecule has 2 amide bonds. The maximum atomic E-state index is 12.5. The molecule has 4 heteroatoms. The Morgan fingerprint density at radius 1 is 0.905 bits per heavy atom. The van der Waals surface area contributed by atoms with Gasteiger partial charge in [0.1, 0.15) is 6.10 Å². The summed E-state index contributed by atoms with van der Waals surface area (Å²) in [5.74, 6) is -0.625. The standard InChI is InChI=1S/C17H13NO3/c19-15-11-6-2-1-5-10(11)9-14(15)18-16(20)12-7-3-4-8-13(12)17(18)21/h1-8,14-15,19H,9H2/t14-,15+/m1/s1. The van der Waals surface area contributed by atoms with Crippen LogP contribution >= 0.6 is 0 Å². The summed E-state index contributed by atoms with van der Waals surface area (Å²) in [5.41, 5.74) is 2.64. The molecule has 0 unspecified atom stereocenters. The predicted octanol–water partition coefficient (Wildman–Crippen LogP) is 1.94. The van der Waals surface area contributed by atoms with Gasteiger partial charge in [-0.2, -0.15) is 0 Å². The molecule has 2 aromatic rings. The Morgan fingerprint density at radius 2 is 1.48 bits per heavy atom. The quantitative estimate of drug-likeness (QED) is 0.812. The lowest BCUT2D eigenvalue weighted by Gasteiger charge is -2.25. The van der Waals surface area contributed by atoms with Crippen molar-refractivity contribution in [2.45, 2.75) is 18.6 Å². The number of rotatable bonds is 1. The van der Waals surface area contributed by atoms with E-state index in [9.17, 15) is 14.7 Å². The first-order chi connectivity index (χ1) is 10.2. The maximum Gasteiger partial charge on any atom is 0.261 e. The highest BCUT2D eigenvalue weighted by atomic mass is 16.3. The Labute approximate surface area is 121 Å². The summed E-state index contributed by atoms with van der Waals surface area (Å²) in [5, 5.41) is 10.5. The number of amides is 2. The second kappa shape index (κ2) is 4.27. The number of imide groups is 1. The molecule has 0 spiro atoms. The van der Waals surface area contributed by atoms with Gasteiger partial charge in [0.25, 0.3) is 11.8 Å². The van der Waals surface area contributed by atoms with E-state index in [4.69, 9.17) is 0 Å². The molecule has 21 heavy (non-hydrogen) atoms. The van der Waals surface area contributed by atoms with Gasteiger partial charge in [-0.1, -0.05) is 36.4 Å². The Kier molecular flexibility index (Phi) is 2.50. The lowest BCUT2D eigenvalue weighted by atomic mass is 10.1. The van der Waals surface area contributed by atoms with Gasteiger partial charge in [0.05, 0.1) is 17.2 Å². The van der Waals surface area contributed by atoms with E-state index in [0.717, 1.165) is 11.1 Å².